The molecule has 214 valence electrons. The first kappa shape index (κ1) is 31.2. The maximum absolute atomic E-state index is 13.6. The van der Waals surface area contributed by atoms with Gasteiger partial charge in [-0.15, -0.1) is 0 Å². The van der Waals surface area contributed by atoms with Crippen molar-refractivity contribution < 1.29 is 31.2 Å². The largest absolute Gasteiger partial charge is 0.417 e. The minimum absolute atomic E-state index is 0.0132. The summed E-state index contributed by atoms with van der Waals surface area (Å²) in [5.74, 6) is -1.14. The van der Waals surface area contributed by atoms with Gasteiger partial charge in [-0.05, 0) is 55.7 Å². The fourth-order valence-corrected chi connectivity index (χ4v) is 5.77. The van der Waals surface area contributed by atoms with E-state index < -0.39 is 45.3 Å². The summed E-state index contributed by atoms with van der Waals surface area (Å²) < 4.78 is 67.1. The fraction of sp³-hybridized carbons (Fsp3) is 0.462. The quantitative estimate of drug-likeness (QED) is 0.374. The number of benzene rings is 2. The SMILES string of the molecule is C[C@H](C(=O)NC1CCCCC1)N(Cc1ccc(Br)cc1)C(=O)CN(c1ccc(Cl)c(C(F)(F)F)c1)S(C)(=O)=O. The molecule has 2 aromatic rings. The normalized spacial score (nSPS) is 15.5. The van der Waals surface area contributed by atoms with E-state index in [4.69, 9.17) is 11.6 Å². The average molecular weight is 653 g/mol. The van der Waals surface area contributed by atoms with E-state index in [1.807, 2.05) is 0 Å². The standard InChI is InChI=1S/C26H30BrClF3N3O4S/c1-17(25(36)32-20-6-4-3-5-7-20)33(15-18-8-10-19(27)11-9-18)24(35)16-34(39(2,37)38)21-12-13-23(28)22(14-21)26(29,30)31/h8-14,17,20H,3-7,15-16H2,1-2H3,(H,32,36)/t17-/m1/s1. The van der Waals surface area contributed by atoms with Crippen molar-refractivity contribution in [1.82, 2.24) is 10.2 Å². The highest BCUT2D eigenvalue weighted by Crippen LogP contribution is 2.37. The van der Waals surface area contributed by atoms with Crippen molar-refractivity contribution in [3.63, 3.8) is 0 Å². The number of hydrogen-bond acceptors (Lipinski definition) is 4. The van der Waals surface area contributed by atoms with Gasteiger partial charge < -0.3 is 10.2 Å². The molecule has 0 heterocycles. The van der Waals surface area contributed by atoms with E-state index in [-0.39, 0.29) is 24.2 Å². The smallest absolute Gasteiger partial charge is 0.352 e. The van der Waals surface area contributed by atoms with Gasteiger partial charge in [-0.1, -0.05) is 58.9 Å². The Morgan fingerprint density at radius 3 is 2.28 bits per heavy atom. The second-order valence-corrected chi connectivity index (χ2v) is 12.8. The molecule has 1 N–H and O–H groups in total. The van der Waals surface area contributed by atoms with Crippen molar-refractivity contribution >= 4 is 55.1 Å². The van der Waals surface area contributed by atoms with Crippen LogP contribution in [-0.4, -0.2) is 50.0 Å². The molecule has 2 amide bonds. The van der Waals surface area contributed by atoms with Gasteiger partial charge >= 0.3 is 6.18 Å². The number of amides is 2. The molecule has 1 aliphatic rings. The summed E-state index contributed by atoms with van der Waals surface area (Å²) in [5, 5.41) is 2.38. The average Bonchev–Trinajstić information content (AvgIpc) is 2.86. The third-order valence-electron chi connectivity index (χ3n) is 6.61. The maximum atomic E-state index is 13.6. The molecule has 1 aliphatic carbocycles. The summed E-state index contributed by atoms with van der Waals surface area (Å²) in [7, 11) is -4.20. The Kier molecular flexibility index (Phi) is 10.3. The molecule has 2 aromatic carbocycles. The predicted molar refractivity (Wildman–Crippen MR) is 148 cm³/mol. The van der Waals surface area contributed by atoms with Crippen molar-refractivity contribution in [3.05, 3.63) is 63.1 Å². The van der Waals surface area contributed by atoms with Crippen LogP contribution < -0.4 is 9.62 Å². The lowest BCUT2D eigenvalue weighted by Crippen LogP contribution is -2.53. The van der Waals surface area contributed by atoms with Gasteiger partial charge in [0.25, 0.3) is 0 Å². The molecule has 0 aromatic heterocycles. The summed E-state index contributed by atoms with van der Waals surface area (Å²) >= 11 is 9.05. The van der Waals surface area contributed by atoms with Crippen molar-refractivity contribution in [2.75, 3.05) is 17.1 Å². The van der Waals surface area contributed by atoms with Crippen LogP contribution in [-0.2, 0) is 32.3 Å². The molecular formula is C26H30BrClF3N3O4S. The molecule has 0 spiro atoms. The summed E-state index contributed by atoms with van der Waals surface area (Å²) in [4.78, 5) is 28.0. The number of sulfonamides is 1. The Morgan fingerprint density at radius 2 is 1.72 bits per heavy atom. The van der Waals surface area contributed by atoms with Gasteiger partial charge in [-0.25, -0.2) is 8.42 Å². The molecule has 7 nitrogen and oxygen atoms in total. The number of carbonyl (C=O) groups is 2. The zero-order valence-electron chi connectivity index (χ0n) is 21.5. The molecule has 1 atom stereocenters. The molecule has 0 unspecified atom stereocenters. The number of nitrogens with one attached hydrogen (secondary N) is 1. The lowest BCUT2D eigenvalue weighted by molar-refractivity contribution is -0.139. The van der Waals surface area contributed by atoms with E-state index in [0.717, 1.165) is 55.0 Å². The third-order valence-corrected chi connectivity index (χ3v) is 8.61. The van der Waals surface area contributed by atoms with Crippen LogP contribution in [0.25, 0.3) is 0 Å². The van der Waals surface area contributed by atoms with Crippen molar-refractivity contribution in [2.24, 2.45) is 0 Å². The van der Waals surface area contributed by atoms with Gasteiger partial charge in [-0.2, -0.15) is 13.2 Å². The first-order valence-corrected chi connectivity index (χ1v) is 15.4. The van der Waals surface area contributed by atoms with Gasteiger partial charge in [0.1, 0.15) is 12.6 Å². The highest BCUT2D eigenvalue weighted by molar-refractivity contribution is 9.10. The molecule has 0 bridgehead atoms. The van der Waals surface area contributed by atoms with Crippen LogP contribution in [0.15, 0.2) is 46.9 Å². The Balaban J connectivity index is 1.92. The molecule has 39 heavy (non-hydrogen) atoms. The number of alkyl halides is 3. The van der Waals surface area contributed by atoms with Crippen molar-refractivity contribution in [3.8, 4) is 0 Å². The zero-order chi connectivity index (χ0) is 29.0. The van der Waals surface area contributed by atoms with Gasteiger partial charge in [0.15, 0.2) is 0 Å². The van der Waals surface area contributed by atoms with E-state index in [1.54, 1.807) is 31.2 Å². The molecule has 1 saturated carbocycles. The predicted octanol–water partition coefficient (Wildman–Crippen LogP) is 5.75. The summed E-state index contributed by atoms with van der Waals surface area (Å²) in [5.41, 5.74) is -0.916. The Bertz CT molecular complexity index is 1290. The summed E-state index contributed by atoms with van der Waals surface area (Å²) in [6, 6.07) is 8.67. The minimum Gasteiger partial charge on any atom is -0.352 e. The monoisotopic (exact) mass is 651 g/mol. The number of nitrogens with zero attached hydrogens (tertiary/aromatic N) is 2. The zero-order valence-corrected chi connectivity index (χ0v) is 24.6. The second kappa shape index (κ2) is 12.9. The van der Waals surface area contributed by atoms with E-state index >= 15 is 0 Å². The number of halogens is 5. The van der Waals surface area contributed by atoms with Gasteiger partial charge in [0.05, 0.1) is 22.5 Å². The topological polar surface area (TPSA) is 86.8 Å². The number of carbonyl (C=O) groups excluding carboxylic acids is 2. The minimum atomic E-state index is -4.83. The van der Waals surface area contributed by atoms with E-state index in [9.17, 15) is 31.2 Å². The molecule has 1 fully saturated rings. The molecule has 0 aliphatic heterocycles. The summed E-state index contributed by atoms with van der Waals surface area (Å²) in [6.07, 6.45) is 0.701. The number of hydrogen-bond donors (Lipinski definition) is 1. The van der Waals surface area contributed by atoms with Crippen molar-refractivity contribution in [1.29, 1.82) is 0 Å². The van der Waals surface area contributed by atoms with Crippen LogP contribution in [0.4, 0.5) is 18.9 Å². The lowest BCUT2D eigenvalue weighted by atomic mass is 9.95. The van der Waals surface area contributed by atoms with Gasteiger partial charge in [0, 0.05) is 17.1 Å². The highest BCUT2D eigenvalue weighted by Gasteiger charge is 2.36. The third kappa shape index (κ3) is 8.59. The molecule has 13 heteroatoms. The Hall–Kier alpha value is -2.31. The van der Waals surface area contributed by atoms with E-state index in [0.29, 0.717) is 15.9 Å². The van der Waals surface area contributed by atoms with Crippen LogP contribution >= 0.6 is 27.5 Å². The number of rotatable bonds is 9. The second-order valence-electron chi connectivity index (χ2n) is 9.60. The van der Waals surface area contributed by atoms with Crippen LogP contribution in [0, 0.1) is 0 Å². The van der Waals surface area contributed by atoms with Gasteiger partial charge in [-0.3, -0.25) is 13.9 Å². The van der Waals surface area contributed by atoms with E-state index in [2.05, 4.69) is 21.2 Å². The molecule has 0 radical (unpaired) electrons. The van der Waals surface area contributed by atoms with Crippen molar-refractivity contribution in [2.45, 2.75) is 63.8 Å². The van der Waals surface area contributed by atoms with Crippen LogP contribution in [0.5, 0.6) is 0 Å². The van der Waals surface area contributed by atoms with E-state index in [1.165, 1.54) is 4.90 Å². The molecule has 0 saturated heterocycles. The van der Waals surface area contributed by atoms with Crippen LogP contribution in [0.3, 0.4) is 0 Å². The molecular weight excluding hydrogens is 623 g/mol. The Morgan fingerprint density at radius 1 is 1.10 bits per heavy atom. The van der Waals surface area contributed by atoms with Gasteiger partial charge in [0.2, 0.25) is 21.8 Å². The number of anilines is 1. The van der Waals surface area contributed by atoms with Crippen LogP contribution in [0.1, 0.15) is 50.2 Å². The fourth-order valence-electron chi connectivity index (χ4n) is 4.44. The summed E-state index contributed by atoms with van der Waals surface area (Å²) in [6.45, 7) is 0.719. The lowest BCUT2D eigenvalue weighted by Gasteiger charge is -2.33. The Labute approximate surface area is 239 Å². The first-order valence-electron chi connectivity index (χ1n) is 12.4. The highest BCUT2D eigenvalue weighted by atomic mass is 79.9. The van der Waals surface area contributed by atoms with Crippen LogP contribution in [0.2, 0.25) is 5.02 Å². The first-order chi connectivity index (χ1) is 18.2. The molecule has 3 rings (SSSR count). The maximum Gasteiger partial charge on any atom is 0.417 e.